The lowest BCUT2D eigenvalue weighted by molar-refractivity contribution is 0.584. The van der Waals surface area contributed by atoms with Gasteiger partial charge < -0.3 is 11.5 Å². The van der Waals surface area contributed by atoms with Crippen molar-refractivity contribution in [1.29, 1.82) is 0 Å². The summed E-state index contributed by atoms with van der Waals surface area (Å²) >= 11 is 0. The zero-order valence-electron chi connectivity index (χ0n) is 9.37. The number of fused-ring (bicyclic) bond motifs is 1. The first-order chi connectivity index (χ1) is 8.49. The van der Waals surface area contributed by atoms with Crippen LogP contribution in [0.25, 0.3) is 10.8 Å². The van der Waals surface area contributed by atoms with E-state index in [1.54, 1.807) is 12.1 Å². The fourth-order valence-electron chi connectivity index (χ4n) is 1.50. The van der Waals surface area contributed by atoms with Gasteiger partial charge in [0.05, 0.1) is 4.90 Å². The topological polar surface area (TPSA) is 111 Å². The van der Waals surface area contributed by atoms with E-state index in [1.807, 2.05) is 29.1 Å². The molecule has 0 heterocycles. The zero-order chi connectivity index (χ0) is 13.2. The molecule has 0 saturated heterocycles. The number of hydrazone groups is 1. The Kier molecular flexibility index (Phi) is 3.07. The molecule has 18 heavy (non-hydrogen) atoms. The van der Waals surface area contributed by atoms with Gasteiger partial charge in [0.25, 0.3) is 10.0 Å². The van der Waals surface area contributed by atoms with Gasteiger partial charge in [0.1, 0.15) is 0 Å². The van der Waals surface area contributed by atoms with Gasteiger partial charge in [-0.05, 0) is 22.9 Å². The highest BCUT2D eigenvalue weighted by atomic mass is 32.2. The Hall–Kier alpha value is -2.28. The molecule has 0 aliphatic carbocycles. The molecule has 2 rings (SSSR count). The Bertz CT molecular complexity index is 706. The van der Waals surface area contributed by atoms with E-state index in [2.05, 4.69) is 5.10 Å². The van der Waals surface area contributed by atoms with Gasteiger partial charge in [0.15, 0.2) is 0 Å². The van der Waals surface area contributed by atoms with E-state index in [-0.39, 0.29) is 10.9 Å². The van der Waals surface area contributed by atoms with E-state index in [0.29, 0.717) is 0 Å². The number of sulfonamides is 1. The number of rotatable bonds is 3. The Labute approximate surface area is 104 Å². The Morgan fingerprint density at radius 1 is 1.06 bits per heavy atom. The molecule has 94 valence electrons. The van der Waals surface area contributed by atoms with Gasteiger partial charge in [-0.25, -0.2) is 0 Å². The summed E-state index contributed by atoms with van der Waals surface area (Å²) in [6.45, 7) is 0. The van der Waals surface area contributed by atoms with Crippen LogP contribution in [0.2, 0.25) is 0 Å². The summed E-state index contributed by atoms with van der Waals surface area (Å²) < 4.78 is 23.7. The number of nitrogens with two attached hydrogens (primary N) is 2. The SMILES string of the molecule is NC(N)=NNS(=O)(=O)c1ccc2ccccc2c1. The number of nitrogens with one attached hydrogen (secondary N) is 1. The highest BCUT2D eigenvalue weighted by molar-refractivity contribution is 7.89. The molecule has 5 N–H and O–H groups in total. The molecule has 6 nitrogen and oxygen atoms in total. The number of nitrogens with zero attached hydrogens (tertiary/aromatic N) is 1. The number of hydrogen-bond acceptors (Lipinski definition) is 3. The Balaban J connectivity index is 2.45. The van der Waals surface area contributed by atoms with Crippen molar-refractivity contribution in [2.45, 2.75) is 4.90 Å². The lowest BCUT2D eigenvalue weighted by Crippen LogP contribution is -2.29. The van der Waals surface area contributed by atoms with Crippen molar-refractivity contribution in [1.82, 2.24) is 4.83 Å². The fraction of sp³-hybridized carbons (Fsp3) is 0. The zero-order valence-corrected chi connectivity index (χ0v) is 10.2. The van der Waals surface area contributed by atoms with Crippen LogP contribution < -0.4 is 16.3 Å². The van der Waals surface area contributed by atoms with Crippen molar-refractivity contribution >= 4 is 26.8 Å². The molecule has 0 bridgehead atoms. The summed E-state index contributed by atoms with van der Waals surface area (Å²) in [4.78, 5) is 2.05. The second-order valence-corrected chi connectivity index (χ2v) is 5.30. The molecule has 2 aromatic rings. The van der Waals surface area contributed by atoms with Gasteiger partial charge in [-0.1, -0.05) is 30.3 Å². The monoisotopic (exact) mass is 264 g/mol. The van der Waals surface area contributed by atoms with Crippen molar-refractivity contribution < 1.29 is 8.42 Å². The third-order valence-corrected chi connectivity index (χ3v) is 3.53. The van der Waals surface area contributed by atoms with Crippen LogP contribution in [-0.4, -0.2) is 14.4 Å². The molecular weight excluding hydrogens is 252 g/mol. The van der Waals surface area contributed by atoms with E-state index in [4.69, 9.17) is 11.5 Å². The number of guanidine groups is 1. The van der Waals surface area contributed by atoms with Crippen LogP contribution in [0.4, 0.5) is 0 Å². The lowest BCUT2D eigenvalue weighted by Gasteiger charge is -2.05. The van der Waals surface area contributed by atoms with Gasteiger partial charge in [-0.15, -0.1) is 5.10 Å². The van der Waals surface area contributed by atoms with Crippen molar-refractivity contribution in [2.75, 3.05) is 0 Å². The van der Waals surface area contributed by atoms with Crippen LogP contribution in [0, 0.1) is 0 Å². The molecule has 0 saturated carbocycles. The Morgan fingerprint density at radius 3 is 2.39 bits per heavy atom. The van der Waals surface area contributed by atoms with Crippen molar-refractivity contribution in [2.24, 2.45) is 16.6 Å². The summed E-state index contributed by atoms with van der Waals surface area (Å²) in [5, 5.41) is 5.07. The quantitative estimate of drug-likeness (QED) is 0.421. The second-order valence-electron chi connectivity index (χ2n) is 3.64. The minimum Gasteiger partial charge on any atom is -0.369 e. The smallest absolute Gasteiger partial charge is 0.276 e. The first-order valence-corrected chi connectivity index (χ1v) is 6.56. The minimum absolute atomic E-state index is 0.103. The first-order valence-electron chi connectivity index (χ1n) is 5.08. The third kappa shape index (κ3) is 2.51. The van der Waals surface area contributed by atoms with E-state index >= 15 is 0 Å². The van der Waals surface area contributed by atoms with Gasteiger partial charge in [0, 0.05) is 0 Å². The van der Waals surface area contributed by atoms with Crippen molar-refractivity contribution in [3.05, 3.63) is 42.5 Å². The molecule has 0 aliphatic heterocycles. The maximum atomic E-state index is 11.9. The molecular formula is C11H12N4O2S. The average Bonchev–Trinajstić information content (AvgIpc) is 2.36. The largest absolute Gasteiger partial charge is 0.369 e. The molecule has 2 aromatic carbocycles. The molecule has 0 aliphatic rings. The van der Waals surface area contributed by atoms with Crippen LogP contribution in [-0.2, 0) is 10.0 Å². The summed E-state index contributed by atoms with van der Waals surface area (Å²) in [6.07, 6.45) is 0. The van der Waals surface area contributed by atoms with Crippen LogP contribution >= 0.6 is 0 Å². The second kappa shape index (κ2) is 4.53. The maximum Gasteiger partial charge on any atom is 0.276 e. The minimum atomic E-state index is -3.74. The molecule has 7 heteroatoms. The summed E-state index contributed by atoms with van der Waals surface area (Å²) in [7, 11) is -3.74. The number of benzene rings is 2. The van der Waals surface area contributed by atoms with Gasteiger partial charge in [-0.3, -0.25) is 0 Å². The summed E-state index contributed by atoms with van der Waals surface area (Å²) in [5.74, 6) is -0.348. The van der Waals surface area contributed by atoms with E-state index in [9.17, 15) is 8.42 Å². The lowest BCUT2D eigenvalue weighted by atomic mass is 10.1. The number of hydrogen-bond donors (Lipinski definition) is 3. The predicted molar refractivity (Wildman–Crippen MR) is 70.1 cm³/mol. The molecule has 0 radical (unpaired) electrons. The molecule has 0 spiro atoms. The van der Waals surface area contributed by atoms with E-state index < -0.39 is 10.0 Å². The highest BCUT2D eigenvalue weighted by Crippen LogP contribution is 2.18. The summed E-state index contributed by atoms with van der Waals surface area (Å²) in [5.41, 5.74) is 10.1. The van der Waals surface area contributed by atoms with Crippen LogP contribution in [0.15, 0.2) is 52.5 Å². The molecule has 0 fully saturated rings. The third-order valence-electron chi connectivity index (χ3n) is 2.33. The molecule has 0 atom stereocenters. The van der Waals surface area contributed by atoms with Gasteiger partial charge >= 0.3 is 0 Å². The summed E-state index contributed by atoms with van der Waals surface area (Å²) in [6, 6.07) is 12.2. The normalized spacial score (nSPS) is 11.1. The van der Waals surface area contributed by atoms with E-state index in [0.717, 1.165) is 10.8 Å². The predicted octanol–water partition coefficient (Wildman–Crippen LogP) is 0.307. The van der Waals surface area contributed by atoms with Gasteiger partial charge in [0.2, 0.25) is 5.96 Å². The average molecular weight is 264 g/mol. The van der Waals surface area contributed by atoms with Crippen LogP contribution in [0.1, 0.15) is 0 Å². The highest BCUT2D eigenvalue weighted by Gasteiger charge is 2.13. The maximum absolute atomic E-state index is 11.9. The molecule has 0 unspecified atom stereocenters. The Morgan fingerprint density at radius 2 is 1.72 bits per heavy atom. The van der Waals surface area contributed by atoms with Crippen LogP contribution in [0.3, 0.4) is 0 Å². The fourth-order valence-corrected chi connectivity index (χ4v) is 2.36. The first kappa shape index (κ1) is 12.2. The van der Waals surface area contributed by atoms with Crippen molar-refractivity contribution in [3.8, 4) is 0 Å². The molecule has 0 amide bonds. The van der Waals surface area contributed by atoms with E-state index in [1.165, 1.54) is 6.07 Å². The van der Waals surface area contributed by atoms with Crippen LogP contribution in [0.5, 0.6) is 0 Å². The standard InChI is InChI=1S/C11H12N4O2S/c12-11(13)14-15-18(16,17)10-6-5-8-3-1-2-4-9(8)7-10/h1-7,15H,(H4,12,13,14). The van der Waals surface area contributed by atoms with Gasteiger partial charge in [-0.2, -0.15) is 13.2 Å². The van der Waals surface area contributed by atoms with Crippen molar-refractivity contribution in [3.63, 3.8) is 0 Å². The molecule has 0 aromatic heterocycles.